The summed E-state index contributed by atoms with van der Waals surface area (Å²) in [5.41, 5.74) is 5.16. The number of carbonyl (C=O) groups is 1. The summed E-state index contributed by atoms with van der Waals surface area (Å²) in [6.45, 7) is 3.36. The minimum Gasteiger partial charge on any atom is -0.364 e. The highest BCUT2D eigenvalue weighted by Gasteiger charge is 2.31. The van der Waals surface area contributed by atoms with E-state index in [9.17, 15) is 18.0 Å². The Morgan fingerprint density at radius 3 is 2.58 bits per heavy atom. The van der Waals surface area contributed by atoms with Crippen molar-refractivity contribution in [2.45, 2.75) is 32.1 Å². The van der Waals surface area contributed by atoms with Gasteiger partial charge < -0.3 is 15.2 Å². The number of carbonyl (C=O) groups excluding carboxylic acids is 1. The van der Waals surface area contributed by atoms with Crippen LogP contribution in [0.5, 0.6) is 0 Å². The molecule has 0 radical (unpaired) electrons. The van der Waals surface area contributed by atoms with Gasteiger partial charge >= 0.3 is 6.18 Å². The average Bonchev–Trinajstić information content (AvgIpc) is 2.95. The van der Waals surface area contributed by atoms with Crippen molar-refractivity contribution in [2.24, 2.45) is 5.73 Å². The van der Waals surface area contributed by atoms with Crippen LogP contribution in [0.1, 0.15) is 41.0 Å². The monoisotopic (exact) mass is 341 g/mol. The summed E-state index contributed by atoms with van der Waals surface area (Å²) in [6, 6.07) is 4.84. The first-order valence-corrected chi connectivity index (χ1v) is 7.15. The molecule has 1 heterocycles. The Labute approximate surface area is 137 Å². The molecule has 0 aliphatic rings. The number of hydrogen-bond acceptors (Lipinski definition) is 4. The number of halogens is 3. The number of amides is 1. The summed E-state index contributed by atoms with van der Waals surface area (Å²) in [6.07, 6.45) is -3.24. The predicted octanol–water partition coefficient (Wildman–Crippen LogP) is 3.16. The van der Waals surface area contributed by atoms with Gasteiger partial charge in [-0.2, -0.15) is 13.2 Å². The van der Waals surface area contributed by atoms with Crippen molar-refractivity contribution in [3.63, 3.8) is 0 Å². The first kappa shape index (κ1) is 18.0. The number of aromatic nitrogens is 1. The van der Waals surface area contributed by atoms with Crippen molar-refractivity contribution >= 4 is 5.91 Å². The van der Waals surface area contributed by atoms with E-state index in [4.69, 9.17) is 10.3 Å². The molecule has 5 nitrogen and oxygen atoms in total. The van der Waals surface area contributed by atoms with Crippen LogP contribution < -0.4 is 5.73 Å². The van der Waals surface area contributed by atoms with E-state index < -0.39 is 23.2 Å². The number of rotatable bonds is 4. The Morgan fingerprint density at radius 2 is 2.00 bits per heavy atom. The van der Waals surface area contributed by atoms with Gasteiger partial charge in [-0.15, -0.1) is 0 Å². The molecule has 0 bridgehead atoms. The highest BCUT2D eigenvalue weighted by Crippen LogP contribution is 2.30. The summed E-state index contributed by atoms with van der Waals surface area (Å²) in [7, 11) is 1.49. The molecule has 2 rings (SSSR count). The molecular formula is C16H18F3N3O2. The largest absolute Gasteiger partial charge is 0.416 e. The predicted molar refractivity (Wildman–Crippen MR) is 81.0 cm³/mol. The van der Waals surface area contributed by atoms with Crippen LogP contribution >= 0.6 is 0 Å². The van der Waals surface area contributed by atoms with Gasteiger partial charge in [0, 0.05) is 13.6 Å². The van der Waals surface area contributed by atoms with Crippen LogP contribution in [0.15, 0.2) is 35.1 Å². The fourth-order valence-electron chi connectivity index (χ4n) is 2.25. The Kier molecular flexibility index (Phi) is 4.70. The van der Waals surface area contributed by atoms with Gasteiger partial charge in [0.05, 0.1) is 11.1 Å². The third-order valence-electron chi connectivity index (χ3n) is 3.43. The Morgan fingerprint density at radius 1 is 1.33 bits per heavy atom. The normalized spacial score (nSPS) is 12.3. The summed E-state index contributed by atoms with van der Waals surface area (Å²) < 4.78 is 43.1. The van der Waals surface area contributed by atoms with Crippen molar-refractivity contribution in [1.29, 1.82) is 0 Å². The Hall–Kier alpha value is -2.35. The Bertz CT molecular complexity index is 733. The maximum atomic E-state index is 12.8. The van der Waals surface area contributed by atoms with E-state index in [1.807, 2.05) is 0 Å². The highest BCUT2D eigenvalue weighted by molar-refractivity contribution is 5.95. The lowest BCUT2D eigenvalue weighted by molar-refractivity contribution is -0.137. The molecule has 2 aromatic rings. The summed E-state index contributed by atoms with van der Waals surface area (Å²) in [5, 5.41) is 3.75. The molecule has 0 saturated carbocycles. The van der Waals surface area contributed by atoms with Gasteiger partial charge in [-0.05, 0) is 31.5 Å². The third kappa shape index (κ3) is 3.94. The second-order valence-electron chi connectivity index (χ2n) is 6.16. The molecule has 0 unspecified atom stereocenters. The fourth-order valence-corrected chi connectivity index (χ4v) is 2.25. The summed E-state index contributed by atoms with van der Waals surface area (Å²) >= 11 is 0. The molecule has 0 atom stereocenters. The average molecular weight is 341 g/mol. The molecule has 24 heavy (non-hydrogen) atoms. The third-order valence-corrected chi connectivity index (χ3v) is 3.43. The minimum absolute atomic E-state index is 0.0123. The standard InChI is InChI=1S/C16H18F3N3O2/c1-15(2,20)13-12(9-24-21-13)14(23)22(3)8-10-5-4-6-11(7-10)16(17,18)19/h4-7,9H,8,20H2,1-3H3. The molecule has 0 fully saturated rings. The number of alkyl halides is 3. The van der Waals surface area contributed by atoms with Gasteiger partial charge in [0.15, 0.2) is 0 Å². The Balaban J connectivity index is 2.20. The van der Waals surface area contributed by atoms with Crippen LogP contribution in [0, 0.1) is 0 Å². The molecule has 0 aliphatic heterocycles. The lowest BCUT2D eigenvalue weighted by Crippen LogP contribution is -2.34. The topological polar surface area (TPSA) is 72.4 Å². The maximum Gasteiger partial charge on any atom is 0.416 e. The smallest absolute Gasteiger partial charge is 0.364 e. The molecule has 1 amide bonds. The van der Waals surface area contributed by atoms with Crippen molar-refractivity contribution < 1.29 is 22.5 Å². The molecule has 0 saturated heterocycles. The van der Waals surface area contributed by atoms with E-state index in [-0.39, 0.29) is 12.1 Å². The van der Waals surface area contributed by atoms with E-state index in [1.54, 1.807) is 13.8 Å². The molecular weight excluding hydrogens is 323 g/mol. The van der Waals surface area contributed by atoms with Crippen LogP contribution in [-0.4, -0.2) is 23.0 Å². The van der Waals surface area contributed by atoms with Crippen molar-refractivity contribution in [3.05, 3.63) is 52.9 Å². The molecule has 0 spiro atoms. The van der Waals surface area contributed by atoms with Crippen molar-refractivity contribution in [2.75, 3.05) is 7.05 Å². The molecule has 2 N–H and O–H groups in total. The zero-order valence-corrected chi connectivity index (χ0v) is 13.5. The highest BCUT2D eigenvalue weighted by atomic mass is 19.4. The minimum atomic E-state index is -4.43. The van der Waals surface area contributed by atoms with E-state index in [0.29, 0.717) is 11.3 Å². The summed E-state index contributed by atoms with van der Waals surface area (Å²) in [4.78, 5) is 13.8. The molecule has 8 heteroatoms. The SMILES string of the molecule is CN(Cc1cccc(C(F)(F)F)c1)C(=O)c1conc1C(C)(C)N. The van der Waals surface area contributed by atoms with E-state index in [0.717, 1.165) is 12.1 Å². The van der Waals surface area contributed by atoms with Gasteiger partial charge in [-0.3, -0.25) is 4.79 Å². The number of hydrogen-bond donors (Lipinski definition) is 1. The molecule has 1 aromatic carbocycles. The van der Waals surface area contributed by atoms with Crippen LogP contribution in [0.4, 0.5) is 13.2 Å². The first-order chi connectivity index (χ1) is 11.0. The van der Waals surface area contributed by atoms with Gasteiger partial charge in [-0.25, -0.2) is 0 Å². The van der Waals surface area contributed by atoms with Gasteiger partial charge in [0.25, 0.3) is 5.91 Å². The van der Waals surface area contributed by atoms with Gasteiger partial charge in [0.2, 0.25) is 0 Å². The molecule has 130 valence electrons. The van der Waals surface area contributed by atoms with Crippen molar-refractivity contribution in [3.8, 4) is 0 Å². The van der Waals surface area contributed by atoms with Crippen LogP contribution in [-0.2, 0) is 18.3 Å². The zero-order valence-electron chi connectivity index (χ0n) is 13.5. The zero-order chi connectivity index (χ0) is 18.1. The second kappa shape index (κ2) is 6.27. The number of nitrogens with zero attached hydrogens (tertiary/aromatic N) is 2. The van der Waals surface area contributed by atoms with Gasteiger partial charge in [0.1, 0.15) is 17.5 Å². The fraction of sp³-hybridized carbons (Fsp3) is 0.375. The first-order valence-electron chi connectivity index (χ1n) is 7.15. The number of nitrogens with two attached hydrogens (primary N) is 1. The quantitative estimate of drug-likeness (QED) is 0.927. The van der Waals surface area contributed by atoms with E-state index in [2.05, 4.69) is 5.16 Å². The van der Waals surface area contributed by atoms with Crippen LogP contribution in [0.2, 0.25) is 0 Å². The van der Waals surface area contributed by atoms with E-state index in [1.165, 1.54) is 30.3 Å². The van der Waals surface area contributed by atoms with E-state index >= 15 is 0 Å². The van der Waals surface area contributed by atoms with Crippen LogP contribution in [0.3, 0.4) is 0 Å². The van der Waals surface area contributed by atoms with Gasteiger partial charge in [-0.1, -0.05) is 17.3 Å². The second-order valence-corrected chi connectivity index (χ2v) is 6.16. The lowest BCUT2D eigenvalue weighted by Gasteiger charge is -2.20. The van der Waals surface area contributed by atoms with Crippen molar-refractivity contribution in [1.82, 2.24) is 10.1 Å². The lowest BCUT2D eigenvalue weighted by atomic mass is 9.98. The van der Waals surface area contributed by atoms with Crippen LogP contribution in [0.25, 0.3) is 0 Å². The molecule has 1 aromatic heterocycles. The summed E-state index contributed by atoms with van der Waals surface area (Å²) in [5.74, 6) is -0.429. The molecule has 0 aliphatic carbocycles. The maximum absolute atomic E-state index is 12.8. The number of benzene rings is 1.